The van der Waals surface area contributed by atoms with E-state index in [1.807, 2.05) is 6.07 Å². The Morgan fingerprint density at radius 3 is 2.79 bits per heavy atom. The second-order valence-electron chi connectivity index (χ2n) is 5.16. The molecular formula is C15H24N4. The zero-order valence-electron chi connectivity index (χ0n) is 12.2. The van der Waals surface area contributed by atoms with Gasteiger partial charge in [0.15, 0.2) is 0 Å². The summed E-state index contributed by atoms with van der Waals surface area (Å²) in [6.45, 7) is 5.24. The number of hydrogen-bond acceptors (Lipinski definition) is 3. The third-order valence-electron chi connectivity index (χ3n) is 3.17. The number of aryl methyl sites for hydroxylation is 1. The highest BCUT2D eigenvalue weighted by atomic mass is 15.2. The second kappa shape index (κ2) is 6.57. The number of benzene rings is 1. The fourth-order valence-corrected chi connectivity index (χ4v) is 2.22. The van der Waals surface area contributed by atoms with Gasteiger partial charge < -0.3 is 14.8 Å². The van der Waals surface area contributed by atoms with Crippen molar-refractivity contribution in [2.45, 2.75) is 26.3 Å². The van der Waals surface area contributed by atoms with E-state index in [2.05, 4.69) is 59.0 Å². The number of nitrogens with one attached hydrogen (secondary N) is 1. The van der Waals surface area contributed by atoms with Crippen molar-refractivity contribution < 1.29 is 0 Å². The molecule has 0 spiro atoms. The van der Waals surface area contributed by atoms with Crippen molar-refractivity contribution in [3.63, 3.8) is 0 Å². The first-order valence-corrected chi connectivity index (χ1v) is 7.06. The number of imidazole rings is 1. The van der Waals surface area contributed by atoms with Crippen LogP contribution in [0.4, 0.5) is 5.95 Å². The molecule has 1 heterocycles. The summed E-state index contributed by atoms with van der Waals surface area (Å²) >= 11 is 0. The molecular weight excluding hydrogens is 236 g/mol. The Morgan fingerprint density at radius 1 is 1.26 bits per heavy atom. The highest BCUT2D eigenvalue weighted by molar-refractivity contribution is 5.78. The number of fused-ring (bicyclic) bond motifs is 1. The van der Waals surface area contributed by atoms with E-state index < -0.39 is 0 Å². The molecule has 1 N–H and O–H groups in total. The summed E-state index contributed by atoms with van der Waals surface area (Å²) in [5, 5.41) is 3.43. The Kier molecular flexibility index (Phi) is 4.80. The van der Waals surface area contributed by atoms with Gasteiger partial charge in [-0.05, 0) is 45.6 Å². The van der Waals surface area contributed by atoms with Crippen molar-refractivity contribution in [1.29, 1.82) is 0 Å². The van der Waals surface area contributed by atoms with Crippen LogP contribution in [-0.2, 0) is 6.54 Å². The van der Waals surface area contributed by atoms with Gasteiger partial charge in [0.1, 0.15) is 0 Å². The van der Waals surface area contributed by atoms with Crippen molar-refractivity contribution in [2.75, 3.05) is 32.5 Å². The van der Waals surface area contributed by atoms with Gasteiger partial charge >= 0.3 is 0 Å². The van der Waals surface area contributed by atoms with Gasteiger partial charge in [0.25, 0.3) is 0 Å². The summed E-state index contributed by atoms with van der Waals surface area (Å²) in [6, 6.07) is 8.35. The van der Waals surface area contributed by atoms with Gasteiger partial charge in [-0.15, -0.1) is 0 Å². The first-order valence-electron chi connectivity index (χ1n) is 7.06. The lowest BCUT2D eigenvalue weighted by atomic mass is 10.3. The van der Waals surface area contributed by atoms with Crippen molar-refractivity contribution in [3.8, 4) is 0 Å². The van der Waals surface area contributed by atoms with Crippen LogP contribution >= 0.6 is 0 Å². The van der Waals surface area contributed by atoms with Crippen LogP contribution < -0.4 is 5.32 Å². The van der Waals surface area contributed by atoms with Crippen LogP contribution in [0.25, 0.3) is 11.0 Å². The number of para-hydroxylation sites is 2. The van der Waals surface area contributed by atoms with Crippen molar-refractivity contribution in [2.24, 2.45) is 0 Å². The predicted octanol–water partition coefficient (Wildman–Crippen LogP) is 2.81. The third kappa shape index (κ3) is 3.47. The molecule has 0 amide bonds. The molecule has 0 aliphatic heterocycles. The van der Waals surface area contributed by atoms with E-state index in [4.69, 9.17) is 0 Å². The minimum Gasteiger partial charge on any atom is -0.356 e. The van der Waals surface area contributed by atoms with E-state index in [-0.39, 0.29) is 0 Å². The van der Waals surface area contributed by atoms with E-state index in [1.54, 1.807) is 0 Å². The van der Waals surface area contributed by atoms with Crippen molar-refractivity contribution in [1.82, 2.24) is 14.5 Å². The fraction of sp³-hybridized carbons (Fsp3) is 0.533. The lowest BCUT2D eigenvalue weighted by molar-refractivity contribution is 0.388. The smallest absolute Gasteiger partial charge is 0.203 e. The average molecular weight is 260 g/mol. The minimum atomic E-state index is 0.969. The molecule has 4 heteroatoms. The number of aromatic nitrogens is 2. The maximum atomic E-state index is 4.69. The molecule has 104 valence electrons. The van der Waals surface area contributed by atoms with Gasteiger partial charge in [0.2, 0.25) is 5.95 Å². The summed E-state index contributed by atoms with van der Waals surface area (Å²) in [4.78, 5) is 6.91. The molecule has 0 aliphatic rings. The Balaban J connectivity index is 2.21. The lowest BCUT2D eigenvalue weighted by Gasteiger charge is -2.13. The number of hydrogen-bond donors (Lipinski definition) is 1. The topological polar surface area (TPSA) is 33.1 Å². The standard InChI is InChI=1S/C15H24N4/c1-4-10-16-15-17-13-8-5-6-9-14(13)19(15)12-7-11-18(2)3/h5-6,8-9H,4,7,10-12H2,1-3H3,(H,16,17). The Hall–Kier alpha value is -1.55. The van der Waals surface area contributed by atoms with Gasteiger partial charge in [-0.3, -0.25) is 0 Å². The summed E-state index contributed by atoms with van der Waals surface area (Å²) in [7, 11) is 4.23. The van der Waals surface area contributed by atoms with Crippen LogP contribution in [0.1, 0.15) is 19.8 Å². The molecule has 0 bridgehead atoms. The molecule has 0 atom stereocenters. The summed E-state index contributed by atoms with van der Waals surface area (Å²) in [5.74, 6) is 1.00. The molecule has 1 aromatic heterocycles. The Labute approximate surface area is 115 Å². The monoisotopic (exact) mass is 260 g/mol. The van der Waals surface area contributed by atoms with E-state index >= 15 is 0 Å². The Bertz CT molecular complexity index is 516. The molecule has 19 heavy (non-hydrogen) atoms. The highest BCUT2D eigenvalue weighted by Gasteiger charge is 2.09. The molecule has 0 saturated heterocycles. The van der Waals surface area contributed by atoms with Crippen LogP contribution in [-0.4, -0.2) is 41.6 Å². The van der Waals surface area contributed by atoms with Crippen LogP contribution in [0, 0.1) is 0 Å². The summed E-state index contributed by atoms with van der Waals surface area (Å²) < 4.78 is 2.30. The van der Waals surface area contributed by atoms with Gasteiger partial charge in [-0.1, -0.05) is 19.1 Å². The van der Waals surface area contributed by atoms with E-state index in [0.717, 1.165) is 43.9 Å². The summed E-state index contributed by atoms with van der Waals surface area (Å²) in [6.07, 6.45) is 2.25. The van der Waals surface area contributed by atoms with Gasteiger partial charge in [0, 0.05) is 13.1 Å². The van der Waals surface area contributed by atoms with Crippen LogP contribution in [0.3, 0.4) is 0 Å². The molecule has 0 radical (unpaired) electrons. The van der Waals surface area contributed by atoms with Crippen LogP contribution in [0.15, 0.2) is 24.3 Å². The average Bonchev–Trinajstić information content (AvgIpc) is 2.74. The molecule has 0 fully saturated rings. The first-order chi connectivity index (χ1) is 9.22. The zero-order valence-corrected chi connectivity index (χ0v) is 12.2. The van der Waals surface area contributed by atoms with E-state index in [1.165, 1.54) is 5.52 Å². The van der Waals surface area contributed by atoms with Crippen LogP contribution in [0.5, 0.6) is 0 Å². The van der Waals surface area contributed by atoms with E-state index in [9.17, 15) is 0 Å². The molecule has 1 aromatic carbocycles. The summed E-state index contributed by atoms with van der Waals surface area (Å²) in [5.41, 5.74) is 2.30. The predicted molar refractivity (Wildman–Crippen MR) is 81.7 cm³/mol. The SMILES string of the molecule is CCCNc1nc2ccccc2n1CCCN(C)C. The first kappa shape index (κ1) is 13.9. The number of nitrogens with zero attached hydrogens (tertiary/aromatic N) is 3. The van der Waals surface area contributed by atoms with Gasteiger partial charge in [-0.2, -0.15) is 0 Å². The van der Waals surface area contributed by atoms with Gasteiger partial charge in [-0.25, -0.2) is 4.98 Å². The van der Waals surface area contributed by atoms with Crippen molar-refractivity contribution >= 4 is 17.0 Å². The quantitative estimate of drug-likeness (QED) is 0.831. The minimum absolute atomic E-state index is 0.969. The normalized spacial score (nSPS) is 11.4. The molecule has 0 aliphatic carbocycles. The molecule has 2 rings (SSSR count). The Morgan fingerprint density at radius 2 is 2.05 bits per heavy atom. The molecule has 0 saturated carbocycles. The lowest BCUT2D eigenvalue weighted by Crippen LogP contribution is -2.16. The molecule has 0 unspecified atom stereocenters. The maximum Gasteiger partial charge on any atom is 0.203 e. The van der Waals surface area contributed by atoms with E-state index in [0.29, 0.717) is 0 Å². The molecule has 4 nitrogen and oxygen atoms in total. The van der Waals surface area contributed by atoms with Crippen molar-refractivity contribution in [3.05, 3.63) is 24.3 Å². The fourth-order valence-electron chi connectivity index (χ4n) is 2.22. The highest BCUT2D eigenvalue weighted by Crippen LogP contribution is 2.19. The van der Waals surface area contributed by atoms with Gasteiger partial charge in [0.05, 0.1) is 11.0 Å². The number of anilines is 1. The number of rotatable bonds is 7. The molecule has 2 aromatic rings. The maximum absolute atomic E-state index is 4.69. The largest absolute Gasteiger partial charge is 0.356 e. The second-order valence-corrected chi connectivity index (χ2v) is 5.16. The third-order valence-corrected chi connectivity index (χ3v) is 3.17. The zero-order chi connectivity index (χ0) is 13.7. The van der Waals surface area contributed by atoms with Crippen LogP contribution in [0.2, 0.25) is 0 Å².